The van der Waals surface area contributed by atoms with Crippen molar-refractivity contribution in [3.05, 3.63) is 42.0 Å². The van der Waals surface area contributed by atoms with E-state index in [1.807, 2.05) is 18.2 Å². The van der Waals surface area contributed by atoms with E-state index in [0.717, 1.165) is 37.2 Å². The van der Waals surface area contributed by atoms with Crippen molar-refractivity contribution < 1.29 is 9.84 Å². The molecule has 1 heterocycles. The number of hydrogen-bond donors (Lipinski definition) is 1. The minimum absolute atomic E-state index is 0.113. The SMILES string of the molecule is CC1(C)CN(Cc2c(O)ccc3ccccc23)CCO1. The molecule has 0 bridgehead atoms. The minimum atomic E-state index is -0.113. The lowest BCUT2D eigenvalue weighted by Crippen LogP contribution is -2.47. The normalized spacial score (nSPS) is 19.3. The molecule has 0 aromatic heterocycles. The summed E-state index contributed by atoms with van der Waals surface area (Å²) in [5.74, 6) is 0.382. The Hall–Kier alpha value is -1.58. The summed E-state index contributed by atoms with van der Waals surface area (Å²) < 4.78 is 5.75. The molecule has 1 fully saturated rings. The number of nitrogens with zero attached hydrogens (tertiary/aromatic N) is 1. The Bertz CT molecular complexity index is 621. The largest absolute Gasteiger partial charge is 0.508 e. The second kappa shape index (κ2) is 5.08. The average molecular weight is 271 g/mol. The molecule has 0 spiro atoms. The van der Waals surface area contributed by atoms with Gasteiger partial charge in [0.15, 0.2) is 0 Å². The highest BCUT2D eigenvalue weighted by Crippen LogP contribution is 2.29. The van der Waals surface area contributed by atoms with Crippen molar-refractivity contribution in [3.8, 4) is 5.75 Å². The molecule has 3 rings (SSSR count). The van der Waals surface area contributed by atoms with E-state index in [0.29, 0.717) is 5.75 Å². The van der Waals surface area contributed by atoms with Crippen LogP contribution >= 0.6 is 0 Å². The summed E-state index contributed by atoms with van der Waals surface area (Å²) in [6.45, 7) is 7.53. The zero-order chi connectivity index (χ0) is 14.2. The molecule has 0 saturated carbocycles. The number of phenolic OH excluding ortho intramolecular Hbond substituents is 1. The van der Waals surface area contributed by atoms with Gasteiger partial charge in [0.05, 0.1) is 12.2 Å². The predicted molar refractivity (Wildman–Crippen MR) is 80.9 cm³/mol. The zero-order valence-corrected chi connectivity index (χ0v) is 12.1. The van der Waals surface area contributed by atoms with Crippen LogP contribution in [0.15, 0.2) is 36.4 Å². The molecule has 106 valence electrons. The van der Waals surface area contributed by atoms with Crippen molar-refractivity contribution in [3.63, 3.8) is 0 Å². The van der Waals surface area contributed by atoms with Gasteiger partial charge in [0, 0.05) is 25.2 Å². The fourth-order valence-electron chi connectivity index (χ4n) is 2.96. The first kappa shape index (κ1) is 13.4. The summed E-state index contributed by atoms with van der Waals surface area (Å²) in [7, 11) is 0. The quantitative estimate of drug-likeness (QED) is 0.910. The fraction of sp³-hybridized carbons (Fsp3) is 0.412. The van der Waals surface area contributed by atoms with Gasteiger partial charge in [-0.1, -0.05) is 30.3 Å². The van der Waals surface area contributed by atoms with Crippen molar-refractivity contribution in [2.75, 3.05) is 19.7 Å². The fourth-order valence-corrected chi connectivity index (χ4v) is 2.96. The van der Waals surface area contributed by atoms with Gasteiger partial charge in [0.2, 0.25) is 0 Å². The van der Waals surface area contributed by atoms with Crippen LogP contribution in [-0.2, 0) is 11.3 Å². The zero-order valence-electron chi connectivity index (χ0n) is 12.1. The Morgan fingerprint density at radius 1 is 1.20 bits per heavy atom. The number of ether oxygens (including phenoxy) is 1. The smallest absolute Gasteiger partial charge is 0.120 e. The summed E-state index contributed by atoms with van der Waals surface area (Å²) in [5.41, 5.74) is 0.902. The molecule has 0 amide bonds. The van der Waals surface area contributed by atoms with E-state index in [1.54, 1.807) is 6.07 Å². The Morgan fingerprint density at radius 3 is 2.80 bits per heavy atom. The second-order valence-corrected chi connectivity index (χ2v) is 6.10. The topological polar surface area (TPSA) is 32.7 Å². The highest BCUT2D eigenvalue weighted by Gasteiger charge is 2.27. The molecule has 0 aliphatic carbocycles. The van der Waals surface area contributed by atoms with Crippen LogP contribution in [0.5, 0.6) is 5.75 Å². The second-order valence-electron chi connectivity index (χ2n) is 6.10. The third-order valence-electron chi connectivity index (χ3n) is 3.90. The molecule has 0 unspecified atom stereocenters. The maximum Gasteiger partial charge on any atom is 0.120 e. The highest BCUT2D eigenvalue weighted by molar-refractivity contribution is 5.87. The van der Waals surface area contributed by atoms with Crippen LogP contribution in [0, 0.1) is 0 Å². The molecule has 1 N–H and O–H groups in total. The third kappa shape index (κ3) is 2.65. The molecule has 3 heteroatoms. The van der Waals surface area contributed by atoms with Gasteiger partial charge in [-0.3, -0.25) is 4.90 Å². The summed E-state index contributed by atoms with van der Waals surface area (Å²) in [4.78, 5) is 2.35. The van der Waals surface area contributed by atoms with Gasteiger partial charge >= 0.3 is 0 Å². The van der Waals surface area contributed by atoms with Gasteiger partial charge in [0.1, 0.15) is 5.75 Å². The lowest BCUT2D eigenvalue weighted by molar-refractivity contribution is -0.0882. The van der Waals surface area contributed by atoms with Crippen LogP contribution in [0.2, 0.25) is 0 Å². The van der Waals surface area contributed by atoms with Crippen molar-refractivity contribution >= 4 is 10.8 Å². The molecule has 20 heavy (non-hydrogen) atoms. The summed E-state index contributed by atoms with van der Waals surface area (Å²) in [6, 6.07) is 12.0. The van der Waals surface area contributed by atoms with Crippen molar-refractivity contribution in [1.82, 2.24) is 4.90 Å². The molecule has 2 aromatic rings. The van der Waals surface area contributed by atoms with E-state index in [1.165, 1.54) is 5.39 Å². The summed E-state index contributed by atoms with van der Waals surface area (Å²) in [5, 5.41) is 12.5. The lowest BCUT2D eigenvalue weighted by atomic mass is 10.0. The van der Waals surface area contributed by atoms with E-state index in [9.17, 15) is 5.11 Å². The molecule has 3 nitrogen and oxygen atoms in total. The van der Waals surface area contributed by atoms with Crippen LogP contribution < -0.4 is 0 Å². The molecular formula is C17H21NO2. The number of phenols is 1. The Morgan fingerprint density at radius 2 is 2.00 bits per heavy atom. The molecule has 2 aromatic carbocycles. The number of hydrogen-bond acceptors (Lipinski definition) is 3. The van der Waals surface area contributed by atoms with Gasteiger partial charge in [-0.15, -0.1) is 0 Å². The van der Waals surface area contributed by atoms with Crippen LogP contribution in [0.4, 0.5) is 0 Å². The highest BCUT2D eigenvalue weighted by atomic mass is 16.5. The van der Waals surface area contributed by atoms with Crippen LogP contribution in [0.25, 0.3) is 10.8 Å². The van der Waals surface area contributed by atoms with Crippen molar-refractivity contribution in [2.24, 2.45) is 0 Å². The first-order valence-corrected chi connectivity index (χ1v) is 7.11. The summed E-state index contributed by atoms with van der Waals surface area (Å²) in [6.07, 6.45) is 0. The first-order chi connectivity index (χ1) is 9.55. The van der Waals surface area contributed by atoms with Gasteiger partial charge in [-0.25, -0.2) is 0 Å². The summed E-state index contributed by atoms with van der Waals surface area (Å²) >= 11 is 0. The van der Waals surface area contributed by atoms with E-state index in [-0.39, 0.29) is 5.60 Å². The third-order valence-corrected chi connectivity index (χ3v) is 3.90. The number of benzene rings is 2. The molecule has 1 aliphatic rings. The maximum absolute atomic E-state index is 10.2. The van der Waals surface area contributed by atoms with Crippen molar-refractivity contribution in [1.29, 1.82) is 0 Å². The van der Waals surface area contributed by atoms with E-state index >= 15 is 0 Å². The Balaban J connectivity index is 1.92. The number of morpholine rings is 1. The first-order valence-electron chi connectivity index (χ1n) is 7.11. The molecule has 0 radical (unpaired) electrons. The maximum atomic E-state index is 10.2. The number of aromatic hydroxyl groups is 1. The Kier molecular flexibility index (Phi) is 3.40. The number of rotatable bonds is 2. The van der Waals surface area contributed by atoms with Crippen molar-refractivity contribution in [2.45, 2.75) is 26.0 Å². The van der Waals surface area contributed by atoms with Gasteiger partial charge < -0.3 is 9.84 Å². The molecule has 1 saturated heterocycles. The standard InChI is InChI=1S/C17H21NO2/c1-17(2)12-18(9-10-20-17)11-15-14-6-4-3-5-13(14)7-8-16(15)19/h3-8,19H,9-12H2,1-2H3. The van der Waals surface area contributed by atoms with E-state index in [2.05, 4.69) is 30.9 Å². The van der Waals surface area contributed by atoms with Gasteiger partial charge in [-0.2, -0.15) is 0 Å². The van der Waals surface area contributed by atoms with Gasteiger partial charge in [-0.05, 0) is 30.7 Å². The monoisotopic (exact) mass is 271 g/mol. The van der Waals surface area contributed by atoms with E-state index in [4.69, 9.17) is 4.74 Å². The lowest BCUT2D eigenvalue weighted by Gasteiger charge is -2.38. The number of fused-ring (bicyclic) bond motifs is 1. The molecule has 1 aliphatic heterocycles. The van der Waals surface area contributed by atoms with Crippen LogP contribution in [0.3, 0.4) is 0 Å². The van der Waals surface area contributed by atoms with Crippen LogP contribution in [0.1, 0.15) is 19.4 Å². The van der Waals surface area contributed by atoms with E-state index < -0.39 is 0 Å². The predicted octanol–water partition coefficient (Wildman–Crippen LogP) is 3.16. The molecular weight excluding hydrogens is 250 g/mol. The average Bonchev–Trinajstić information content (AvgIpc) is 2.41. The molecule has 0 atom stereocenters. The minimum Gasteiger partial charge on any atom is -0.508 e. The van der Waals surface area contributed by atoms with Gasteiger partial charge in [0.25, 0.3) is 0 Å². The Labute approximate surface area is 119 Å². The van der Waals surface area contributed by atoms with Crippen LogP contribution in [-0.4, -0.2) is 35.3 Å².